The van der Waals surface area contributed by atoms with Gasteiger partial charge >= 0.3 is 6.03 Å². The van der Waals surface area contributed by atoms with Crippen LogP contribution < -0.4 is 10.6 Å². The number of aryl methyl sites for hydroxylation is 1. The molecule has 0 unspecified atom stereocenters. The number of hydrogen-bond acceptors (Lipinski definition) is 5. The number of aromatic amines is 1. The minimum absolute atomic E-state index is 0.0603. The van der Waals surface area contributed by atoms with E-state index in [1.807, 2.05) is 0 Å². The monoisotopic (exact) mass is 249 g/mol. The first kappa shape index (κ1) is 11.7. The normalized spacial score (nSPS) is 10.3. The van der Waals surface area contributed by atoms with Gasteiger partial charge in [0.15, 0.2) is 11.5 Å². The Bertz CT molecular complexity index is 595. The van der Waals surface area contributed by atoms with Crippen molar-refractivity contribution in [3.05, 3.63) is 24.0 Å². The summed E-state index contributed by atoms with van der Waals surface area (Å²) in [5.41, 5.74) is 5.49. The number of H-pyrrole nitrogens is 1. The number of primary amides is 1. The van der Waals surface area contributed by atoms with E-state index in [2.05, 4.69) is 15.2 Å². The van der Waals surface area contributed by atoms with Gasteiger partial charge in [-0.15, -0.1) is 5.10 Å². The summed E-state index contributed by atoms with van der Waals surface area (Å²) >= 11 is 0. The van der Waals surface area contributed by atoms with E-state index in [9.17, 15) is 15.0 Å². The van der Waals surface area contributed by atoms with Crippen LogP contribution in [-0.2, 0) is 0 Å². The van der Waals surface area contributed by atoms with Crippen LogP contribution in [0.5, 0.6) is 11.5 Å². The number of aromatic nitrogens is 3. The van der Waals surface area contributed by atoms with Gasteiger partial charge in [0.25, 0.3) is 5.95 Å². The SMILES string of the molecule is Cc1nc(N(C(N)=O)c2ccc(O)c(O)c2)n[nH]1. The molecule has 2 rings (SSSR count). The Balaban J connectivity index is 2.48. The Morgan fingerprint density at radius 1 is 1.39 bits per heavy atom. The lowest BCUT2D eigenvalue weighted by molar-refractivity contribution is 0.256. The molecule has 0 aliphatic rings. The summed E-state index contributed by atoms with van der Waals surface area (Å²) in [7, 11) is 0. The molecule has 0 aliphatic carbocycles. The van der Waals surface area contributed by atoms with E-state index >= 15 is 0 Å². The van der Waals surface area contributed by atoms with E-state index in [0.717, 1.165) is 4.90 Å². The Morgan fingerprint density at radius 2 is 2.11 bits per heavy atom. The molecule has 8 heteroatoms. The molecule has 1 aromatic heterocycles. The Hall–Kier alpha value is -2.77. The van der Waals surface area contributed by atoms with Crippen LogP contribution >= 0.6 is 0 Å². The van der Waals surface area contributed by atoms with Gasteiger partial charge in [-0.2, -0.15) is 4.98 Å². The average molecular weight is 249 g/mol. The van der Waals surface area contributed by atoms with Crippen LogP contribution in [0.25, 0.3) is 0 Å². The van der Waals surface area contributed by atoms with E-state index in [0.29, 0.717) is 5.82 Å². The van der Waals surface area contributed by atoms with Crippen LogP contribution in [0.3, 0.4) is 0 Å². The zero-order valence-electron chi connectivity index (χ0n) is 9.45. The van der Waals surface area contributed by atoms with E-state index in [-0.39, 0.29) is 23.1 Å². The highest BCUT2D eigenvalue weighted by molar-refractivity contribution is 5.96. The summed E-state index contributed by atoms with van der Waals surface area (Å²) in [5, 5.41) is 25.0. The second-order valence-electron chi connectivity index (χ2n) is 3.57. The molecule has 0 saturated carbocycles. The molecule has 0 spiro atoms. The predicted octanol–water partition coefficient (Wildman–Crippen LogP) is 0.741. The number of carbonyl (C=O) groups is 1. The van der Waals surface area contributed by atoms with Gasteiger partial charge in [0.2, 0.25) is 0 Å². The highest BCUT2D eigenvalue weighted by Gasteiger charge is 2.20. The number of anilines is 2. The van der Waals surface area contributed by atoms with Crippen LogP contribution in [0, 0.1) is 6.92 Å². The van der Waals surface area contributed by atoms with Gasteiger partial charge < -0.3 is 15.9 Å². The lowest BCUT2D eigenvalue weighted by Crippen LogP contribution is -2.32. The van der Waals surface area contributed by atoms with Crippen molar-refractivity contribution in [3.8, 4) is 11.5 Å². The minimum Gasteiger partial charge on any atom is -0.504 e. The van der Waals surface area contributed by atoms with Gasteiger partial charge in [-0.25, -0.2) is 9.69 Å². The third kappa shape index (κ3) is 2.03. The second kappa shape index (κ2) is 4.24. The summed E-state index contributed by atoms with van der Waals surface area (Å²) in [4.78, 5) is 16.4. The van der Waals surface area contributed by atoms with E-state index in [1.165, 1.54) is 18.2 Å². The van der Waals surface area contributed by atoms with Gasteiger partial charge in [-0.05, 0) is 19.1 Å². The Kier molecular flexibility index (Phi) is 2.76. The highest BCUT2D eigenvalue weighted by Crippen LogP contribution is 2.31. The zero-order chi connectivity index (χ0) is 13.3. The number of phenols is 2. The summed E-state index contributed by atoms with van der Waals surface area (Å²) in [6.07, 6.45) is 0. The van der Waals surface area contributed by atoms with Crippen molar-refractivity contribution < 1.29 is 15.0 Å². The molecular formula is C10H11N5O3. The Labute approximate surface area is 102 Å². The lowest BCUT2D eigenvalue weighted by atomic mass is 10.2. The summed E-state index contributed by atoms with van der Waals surface area (Å²) in [6.45, 7) is 1.67. The van der Waals surface area contributed by atoms with Crippen molar-refractivity contribution in [1.29, 1.82) is 0 Å². The topological polar surface area (TPSA) is 128 Å². The molecule has 5 N–H and O–H groups in total. The van der Waals surface area contributed by atoms with Gasteiger partial charge in [0, 0.05) is 6.07 Å². The maximum absolute atomic E-state index is 11.4. The number of nitrogens with zero attached hydrogens (tertiary/aromatic N) is 3. The second-order valence-corrected chi connectivity index (χ2v) is 3.57. The molecule has 2 amide bonds. The molecule has 94 valence electrons. The van der Waals surface area contributed by atoms with E-state index < -0.39 is 6.03 Å². The highest BCUT2D eigenvalue weighted by atomic mass is 16.3. The van der Waals surface area contributed by atoms with Crippen LogP contribution in [0.15, 0.2) is 18.2 Å². The van der Waals surface area contributed by atoms with Crippen LogP contribution in [-0.4, -0.2) is 31.4 Å². The van der Waals surface area contributed by atoms with Crippen LogP contribution in [0.4, 0.5) is 16.4 Å². The van der Waals surface area contributed by atoms with Gasteiger partial charge in [0.05, 0.1) is 5.69 Å². The fraction of sp³-hybridized carbons (Fsp3) is 0.100. The molecule has 1 aromatic carbocycles. The number of rotatable bonds is 2. The van der Waals surface area contributed by atoms with Crippen LogP contribution in [0.1, 0.15) is 5.82 Å². The number of carbonyl (C=O) groups excluding carboxylic acids is 1. The van der Waals surface area contributed by atoms with Gasteiger partial charge in [0.1, 0.15) is 5.82 Å². The maximum atomic E-state index is 11.4. The summed E-state index contributed by atoms with van der Waals surface area (Å²) in [6, 6.07) is 3.02. The minimum atomic E-state index is -0.806. The number of benzene rings is 1. The first-order valence-corrected chi connectivity index (χ1v) is 4.99. The predicted molar refractivity (Wildman–Crippen MR) is 62.6 cm³/mol. The molecule has 8 nitrogen and oxygen atoms in total. The number of aromatic hydroxyl groups is 2. The van der Waals surface area contributed by atoms with Crippen molar-refractivity contribution in [2.75, 3.05) is 4.90 Å². The summed E-state index contributed by atoms with van der Waals surface area (Å²) in [5.74, 6) is -0.0929. The third-order valence-electron chi connectivity index (χ3n) is 2.22. The van der Waals surface area contributed by atoms with Crippen molar-refractivity contribution in [2.24, 2.45) is 5.73 Å². The number of nitrogens with two attached hydrogens (primary N) is 1. The van der Waals surface area contributed by atoms with E-state index in [1.54, 1.807) is 6.92 Å². The smallest absolute Gasteiger partial charge is 0.326 e. The van der Waals surface area contributed by atoms with Crippen molar-refractivity contribution in [3.63, 3.8) is 0 Å². The number of hydrogen-bond donors (Lipinski definition) is 4. The van der Waals surface area contributed by atoms with Gasteiger partial charge in [-0.1, -0.05) is 0 Å². The lowest BCUT2D eigenvalue weighted by Gasteiger charge is -2.16. The van der Waals surface area contributed by atoms with Crippen molar-refractivity contribution in [2.45, 2.75) is 6.92 Å². The average Bonchev–Trinajstić information content (AvgIpc) is 2.70. The molecule has 0 aliphatic heterocycles. The largest absolute Gasteiger partial charge is 0.504 e. The molecule has 0 fully saturated rings. The molecular weight excluding hydrogens is 238 g/mol. The third-order valence-corrected chi connectivity index (χ3v) is 2.22. The van der Waals surface area contributed by atoms with Crippen LogP contribution in [0.2, 0.25) is 0 Å². The molecule has 1 heterocycles. The standard InChI is InChI=1S/C10H11N5O3/c1-5-12-10(14-13-5)15(9(11)18)6-2-3-7(16)8(17)4-6/h2-4,16-17H,1H3,(H2,11,18)(H,12,13,14). The zero-order valence-corrected chi connectivity index (χ0v) is 9.45. The number of amides is 2. The number of urea groups is 1. The first-order chi connectivity index (χ1) is 8.49. The fourth-order valence-corrected chi connectivity index (χ4v) is 1.42. The fourth-order valence-electron chi connectivity index (χ4n) is 1.42. The molecule has 0 atom stereocenters. The first-order valence-electron chi connectivity index (χ1n) is 4.99. The van der Waals surface area contributed by atoms with Crippen molar-refractivity contribution >= 4 is 17.7 Å². The molecule has 18 heavy (non-hydrogen) atoms. The van der Waals surface area contributed by atoms with Gasteiger partial charge in [-0.3, -0.25) is 5.10 Å². The quantitative estimate of drug-likeness (QED) is 0.583. The maximum Gasteiger partial charge on any atom is 0.326 e. The molecule has 0 bridgehead atoms. The molecule has 2 aromatic rings. The summed E-state index contributed by atoms with van der Waals surface area (Å²) < 4.78 is 0. The Morgan fingerprint density at radius 3 is 2.61 bits per heavy atom. The molecule has 0 radical (unpaired) electrons. The molecule has 0 saturated heterocycles. The number of phenolic OH excluding ortho intramolecular Hbond substituents is 2. The van der Waals surface area contributed by atoms with E-state index in [4.69, 9.17) is 5.73 Å². The number of nitrogens with one attached hydrogen (secondary N) is 1. The van der Waals surface area contributed by atoms with Crippen molar-refractivity contribution in [1.82, 2.24) is 15.2 Å².